The molecule has 0 aliphatic carbocycles. The number of fused-ring (bicyclic) bond motifs is 1. The van der Waals surface area contributed by atoms with Crippen LogP contribution in [0.3, 0.4) is 0 Å². The molecule has 0 saturated carbocycles. The molecule has 0 aromatic heterocycles. The van der Waals surface area contributed by atoms with Gasteiger partial charge in [0.2, 0.25) is 0 Å². The number of aliphatic hydroxyl groups excluding tert-OH is 1. The fraction of sp³-hybridized carbons (Fsp3) is 0.174. The molecule has 0 spiro atoms. The molecule has 1 aliphatic heterocycles. The van der Waals surface area contributed by atoms with Crippen molar-refractivity contribution in [2.75, 3.05) is 13.2 Å². The molecule has 0 bridgehead atoms. The van der Waals surface area contributed by atoms with Crippen LogP contribution in [0, 0.1) is 0 Å². The number of hydrogen-bond acceptors (Lipinski definition) is 5. The van der Waals surface area contributed by atoms with Crippen LogP contribution in [-0.2, 0) is 10.5 Å². The van der Waals surface area contributed by atoms with Gasteiger partial charge in [-0.05, 0) is 12.1 Å². The van der Waals surface area contributed by atoms with Gasteiger partial charge < -0.3 is 19.3 Å². The van der Waals surface area contributed by atoms with E-state index in [-0.39, 0.29) is 12.2 Å². The van der Waals surface area contributed by atoms with Gasteiger partial charge in [0, 0.05) is 24.2 Å². The Hall–Kier alpha value is -3.31. The van der Waals surface area contributed by atoms with Crippen molar-refractivity contribution in [2.45, 2.75) is 12.2 Å². The van der Waals surface area contributed by atoms with Gasteiger partial charge in [-0.15, -0.1) is 0 Å². The van der Waals surface area contributed by atoms with Crippen LogP contribution in [0.2, 0.25) is 0 Å². The van der Waals surface area contributed by atoms with Gasteiger partial charge in [-0.3, -0.25) is 0 Å². The Morgan fingerprint density at radius 3 is 2.07 bits per heavy atom. The van der Waals surface area contributed by atoms with Crippen molar-refractivity contribution in [3.63, 3.8) is 0 Å². The molecule has 0 fully saturated rings. The van der Waals surface area contributed by atoms with E-state index in [4.69, 9.17) is 19.3 Å². The number of ether oxygens (including phenoxy) is 3. The summed E-state index contributed by atoms with van der Waals surface area (Å²) in [5.41, 5.74) is 1.68. The van der Waals surface area contributed by atoms with E-state index in [2.05, 4.69) is 0 Å². The second kappa shape index (κ2) is 7.74. The smallest absolute Gasteiger partial charge is 0.349 e. The normalized spacial score (nSPS) is 14.5. The largest absolute Gasteiger partial charge is 0.492 e. The minimum Gasteiger partial charge on any atom is -0.492 e. The Morgan fingerprint density at radius 2 is 1.46 bits per heavy atom. The van der Waals surface area contributed by atoms with Gasteiger partial charge in [-0.25, -0.2) is 4.79 Å². The average Bonchev–Trinajstić information content (AvgIpc) is 2.75. The highest BCUT2D eigenvalue weighted by molar-refractivity contribution is 5.97. The van der Waals surface area contributed by atoms with Crippen molar-refractivity contribution in [2.24, 2.45) is 0 Å². The number of rotatable bonds is 6. The Labute approximate surface area is 163 Å². The van der Waals surface area contributed by atoms with Crippen molar-refractivity contribution >= 4 is 5.97 Å². The van der Waals surface area contributed by atoms with Gasteiger partial charge in [-0.1, -0.05) is 66.7 Å². The first-order valence-corrected chi connectivity index (χ1v) is 9.15. The highest BCUT2D eigenvalue weighted by Gasteiger charge is 2.46. The topological polar surface area (TPSA) is 65.0 Å². The molecule has 0 atom stereocenters. The molecule has 3 aromatic carbocycles. The number of aliphatic hydroxyl groups is 1. The summed E-state index contributed by atoms with van der Waals surface area (Å²) in [6, 6.07) is 24.0. The van der Waals surface area contributed by atoms with E-state index >= 15 is 0 Å². The maximum Gasteiger partial charge on any atom is 0.349 e. The quantitative estimate of drug-likeness (QED) is 0.522. The molecular formula is C23H20O5. The third-order valence-electron chi connectivity index (χ3n) is 4.55. The summed E-state index contributed by atoms with van der Waals surface area (Å²) < 4.78 is 17.9. The van der Waals surface area contributed by atoms with Crippen molar-refractivity contribution in [1.29, 1.82) is 0 Å². The summed E-state index contributed by atoms with van der Waals surface area (Å²) in [5, 5.41) is 8.96. The van der Waals surface area contributed by atoms with Crippen molar-refractivity contribution in [3.8, 4) is 11.5 Å². The minimum absolute atomic E-state index is 0.0150. The van der Waals surface area contributed by atoms with Crippen LogP contribution in [0.1, 0.15) is 27.9 Å². The third-order valence-corrected chi connectivity index (χ3v) is 4.55. The predicted octanol–water partition coefficient (Wildman–Crippen LogP) is 3.90. The molecule has 3 aromatic rings. The van der Waals surface area contributed by atoms with E-state index in [0.717, 1.165) is 0 Å². The molecule has 28 heavy (non-hydrogen) atoms. The van der Waals surface area contributed by atoms with E-state index in [0.29, 0.717) is 35.7 Å². The molecule has 142 valence electrons. The maximum absolute atomic E-state index is 13.1. The number of carbonyl (C=O) groups is 1. The van der Waals surface area contributed by atoms with Crippen LogP contribution in [0.4, 0.5) is 0 Å². The number of carbonyl (C=O) groups excluding carboxylic acids is 1. The summed E-state index contributed by atoms with van der Waals surface area (Å²) >= 11 is 0. The Morgan fingerprint density at radius 1 is 0.821 bits per heavy atom. The van der Waals surface area contributed by atoms with Crippen molar-refractivity contribution < 1.29 is 24.1 Å². The molecule has 0 radical (unpaired) electrons. The lowest BCUT2D eigenvalue weighted by Gasteiger charge is -2.38. The summed E-state index contributed by atoms with van der Waals surface area (Å²) in [5.74, 6) is -1.12. The van der Waals surface area contributed by atoms with Crippen LogP contribution < -0.4 is 9.47 Å². The Kier molecular flexibility index (Phi) is 5.00. The standard InChI is InChI=1S/C23H20O5/c24-15-8-16-26-19-13-7-14-20-21(19)22(25)28-23(27-20,17-9-3-1-4-10-17)18-11-5-2-6-12-18/h1-7,9-14,24H,8,15-16H2. The van der Waals surface area contributed by atoms with Crippen molar-refractivity contribution in [1.82, 2.24) is 0 Å². The molecule has 5 nitrogen and oxygen atoms in total. The van der Waals surface area contributed by atoms with Crippen LogP contribution >= 0.6 is 0 Å². The molecule has 1 N–H and O–H groups in total. The van der Waals surface area contributed by atoms with Crippen molar-refractivity contribution in [3.05, 3.63) is 95.6 Å². The van der Waals surface area contributed by atoms with Crippen LogP contribution in [-0.4, -0.2) is 24.3 Å². The number of cyclic esters (lactones) is 1. The van der Waals surface area contributed by atoms with Gasteiger partial charge >= 0.3 is 11.8 Å². The number of benzene rings is 3. The molecular weight excluding hydrogens is 356 g/mol. The lowest BCUT2D eigenvalue weighted by Crippen LogP contribution is -2.43. The first-order valence-electron chi connectivity index (χ1n) is 9.15. The van der Waals surface area contributed by atoms with E-state index < -0.39 is 11.8 Å². The van der Waals surface area contributed by atoms with Crippen LogP contribution in [0.5, 0.6) is 11.5 Å². The Balaban J connectivity index is 1.81. The minimum atomic E-state index is -1.38. The number of hydrogen-bond donors (Lipinski definition) is 1. The fourth-order valence-electron chi connectivity index (χ4n) is 3.24. The molecule has 1 aliphatic rings. The average molecular weight is 376 g/mol. The summed E-state index contributed by atoms with van der Waals surface area (Å²) in [7, 11) is 0. The monoisotopic (exact) mass is 376 g/mol. The lowest BCUT2D eigenvalue weighted by atomic mass is 9.95. The number of esters is 1. The SMILES string of the molecule is O=C1OC(c2ccccc2)(c2ccccc2)Oc2cccc(OCCCO)c21. The zero-order chi connectivity index (χ0) is 19.4. The van der Waals surface area contributed by atoms with E-state index in [9.17, 15) is 4.79 Å². The molecule has 0 amide bonds. The van der Waals surface area contributed by atoms with Gasteiger partial charge in [0.05, 0.1) is 6.61 Å². The summed E-state index contributed by atoms with van der Waals surface area (Å²) in [6.07, 6.45) is 0.470. The zero-order valence-corrected chi connectivity index (χ0v) is 15.2. The summed E-state index contributed by atoms with van der Waals surface area (Å²) in [6.45, 7) is 0.309. The van der Waals surface area contributed by atoms with Crippen LogP contribution in [0.25, 0.3) is 0 Å². The molecule has 0 saturated heterocycles. The van der Waals surface area contributed by atoms with Gasteiger partial charge in [0.25, 0.3) is 0 Å². The second-order valence-electron chi connectivity index (χ2n) is 6.40. The zero-order valence-electron chi connectivity index (χ0n) is 15.2. The fourth-order valence-corrected chi connectivity index (χ4v) is 3.24. The van der Waals surface area contributed by atoms with Gasteiger partial charge in [-0.2, -0.15) is 0 Å². The molecule has 5 heteroatoms. The highest BCUT2D eigenvalue weighted by Crippen LogP contribution is 2.44. The van der Waals surface area contributed by atoms with Gasteiger partial charge in [0.1, 0.15) is 17.1 Å². The lowest BCUT2D eigenvalue weighted by molar-refractivity contribution is -0.131. The third kappa shape index (κ3) is 3.21. The molecule has 0 unspecified atom stereocenters. The van der Waals surface area contributed by atoms with E-state index in [1.807, 2.05) is 60.7 Å². The first-order chi connectivity index (χ1) is 13.7. The second-order valence-corrected chi connectivity index (χ2v) is 6.40. The Bertz CT molecular complexity index is 914. The molecule has 1 heterocycles. The highest BCUT2D eigenvalue weighted by atomic mass is 16.7. The first kappa shape index (κ1) is 18.1. The maximum atomic E-state index is 13.1. The van der Waals surface area contributed by atoms with Gasteiger partial charge in [0.15, 0.2) is 0 Å². The summed E-state index contributed by atoms with van der Waals surface area (Å²) in [4.78, 5) is 13.1. The molecule has 4 rings (SSSR count). The van der Waals surface area contributed by atoms with E-state index in [1.165, 1.54) is 0 Å². The van der Waals surface area contributed by atoms with E-state index in [1.54, 1.807) is 18.2 Å². The van der Waals surface area contributed by atoms with Crippen LogP contribution in [0.15, 0.2) is 78.9 Å². The predicted molar refractivity (Wildman–Crippen MR) is 103 cm³/mol.